The molecule has 0 unspecified atom stereocenters. The standard InChI is InChI=1S/C11H19N3O2/c1-15-8-11-6-10(14-16-11)7-12-4-5-13-9-2-3-9/h6,9,12-13H,2-5,7-8H2,1H3. The van der Waals surface area contributed by atoms with Crippen LogP contribution < -0.4 is 10.6 Å². The lowest BCUT2D eigenvalue weighted by molar-refractivity contribution is 0.155. The van der Waals surface area contributed by atoms with Gasteiger partial charge in [0.25, 0.3) is 0 Å². The van der Waals surface area contributed by atoms with Gasteiger partial charge >= 0.3 is 0 Å². The maximum atomic E-state index is 5.08. The third-order valence-electron chi connectivity index (χ3n) is 2.51. The van der Waals surface area contributed by atoms with Crippen LogP contribution in [0, 0.1) is 0 Å². The largest absolute Gasteiger partial charge is 0.377 e. The molecule has 0 saturated heterocycles. The Hall–Kier alpha value is -0.910. The van der Waals surface area contributed by atoms with Gasteiger partial charge in [-0.3, -0.25) is 0 Å². The highest BCUT2D eigenvalue weighted by Gasteiger charge is 2.19. The Balaban J connectivity index is 1.56. The van der Waals surface area contributed by atoms with Gasteiger partial charge in [0, 0.05) is 38.9 Å². The lowest BCUT2D eigenvalue weighted by Crippen LogP contribution is -2.28. The van der Waals surface area contributed by atoms with E-state index in [1.807, 2.05) is 6.07 Å². The molecule has 5 heteroatoms. The maximum Gasteiger partial charge on any atom is 0.162 e. The first kappa shape index (κ1) is 11.6. The molecule has 0 amide bonds. The van der Waals surface area contributed by atoms with Crippen LogP contribution in [0.1, 0.15) is 24.3 Å². The monoisotopic (exact) mass is 225 g/mol. The summed E-state index contributed by atoms with van der Waals surface area (Å²) in [5.74, 6) is 0.774. The van der Waals surface area contributed by atoms with E-state index in [-0.39, 0.29) is 0 Å². The summed E-state index contributed by atoms with van der Waals surface area (Å²) in [6, 6.07) is 2.70. The van der Waals surface area contributed by atoms with Crippen LogP contribution in [-0.4, -0.2) is 31.4 Å². The number of methoxy groups -OCH3 is 1. The number of hydrogen-bond acceptors (Lipinski definition) is 5. The minimum atomic E-state index is 0.482. The van der Waals surface area contributed by atoms with E-state index >= 15 is 0 Å². The van der Waals surface area contributed by atoms with Gasteiger partial charge in [-0.25, -0.2) is 0 Å². The predicted octanol–water partition coefficient (Wildman–Crippen LogP) is 0.663. The highest BCUT2D eigenvalue weighted by atomic mass is 16.5. The average molecular weight is 225 g/mol. The Labute approximate surface area is 95.5 Å². The summed E-state index contributed by atoms with van der Waals surface area (Å²) in [5, 5.41) is 10.7. The van der Waals surface area contributed by atoms with E-state index in [9.17, 15) is 0 Å². The molecule has 2 rings (SSSR count). The molecular weight excluding hydrogens is 206 g/mol. The third-order valence-corrected chi connectivity index (χ3v) is 2.51. The van der Waals surface area contributed by atoms with Crippen molar-refractivity contribution in [3.63, 3.8) is 0 Å². The second-order valence-corrected chi connectivity index (χ2v) is 4.12. The molecule has 5 nitrogen and oxygen atoms in total. The van der Waals surface area contributed by atoms with Crippen LogP contribution in [0.2, 0.25) is 0 Å². The summed E-state index contributed by atoms with van der Waals surface area (Å²) in [6.45, 7) is 3.21. The van der Waals surface area contributed by atoms with Gasteiger partial charge in [0.2, 0.25) is 0 Å². The maximum absolute atomic E-state index is 5.08. The summed E-state index contributed by atoms with van der Waals surface area (Å²) in [4.78, 5) is 0. The molecule has 1 aliphatic carbocycles. The highest BCUT2D eigenvalue weighted by Crippen LogP contribution is 2.17. The Morgan fingerprint density at radius 2 is 2.38 bits per heavy atom. The van der Waals surface area contributed by atoms with Crippen molar-refractivity contribution in [2.24, 2.45) is 0 Å². The van der Waals surface area contributed by atoms with E-state index in [0.29, 0.717) is 6.61 Å². The molecule has 1 aliphatic rings. The third kappa shape index (κ3) is 3.92. The van der Waals surface area contributed by atoms with Gasteiger partial charge in [0.05, 0.1) is 5.69 Å². The van der Waals surface area contributed by atoms with Gasteiger partial charge in [-0.05, 0) is 12.8 Å². The summed E-state index contributed by atoms with van der Waals surface area (Å²) in [6.07, 6.45) is 2.67. The van der Waals surface area contributed by atoms with Gasteiger partial charge in [0.1, 0.15) is 6.61 Å². The minimum Gasteiger partial charge on any atom is -0.377 e. The second kappa shape index (κ2) is 5.98. The van der Waals surface area contributed by atoms with Crippen molar-refractivity contribution in [2.45, 2.75) is 32.0 Å². The molecule has 1 aromatic rings. The summed E-state index contributed by atoms with van der Waals surface area (Å²) in [7, 11) is 1.64. The van der Waals surface area contributed by atoms with Crippen molar-refractivity contribution in [2.75, 3.05) is 20.2 Å². The van der Waals surface area contributed by atoms with Crippen LogP contribution >= 0.6 is 0 Å². The van der Waals surface area contributed by atoms with Gasteiger partial charge in [0.15, 0.2) is 5.76 Å². The summed E-state index contributed by atoms with van der Waals surface area (Å²) < 4.78 is 10.0. The quantitative estimate of drug-likeness (QED) is 0.637. The van der Waals surface area contributed by atoms with E-state index in [2.05, 4.69) is 15.8 Å². The molecule has 2 N–H and O–H groups in total. The molecule has 0 spiro atoms. The SMILES string of the molecule is COCc1cc(CNCCNC2CC2)no1. The van der Waals surface area contributed by atoms with E-state index in [0.717, 1.165) is 37.1 Å². The normalized spacial score (nSPS) is 15.6. The van der Waals surface area contributed by atoms with E-state index in [4.69, 9.17) is 9.26 Å². The zero-order chi connectivity index (χ0) is 11.2. The lowest BCUT2D eigenvalue weighted by Gasteiger charge is -2.02. The number of nitrogens with one attached hydrogen (secondary N) is 2. The molecule has 0 atom stereocenters. The van der Waals surface area contributed by atoms with Gasteiger partial charge in [-0.2, -0.15) is 0 Å². The molecule has 0 bridgehead atoms. The Morgan fingerprint density at radius 1 is 1.50 bits per heavy atom. The first-order chi connectivity index (χ1) is 7.88. The van der Waals surface area contributed by atoms with E-state index in [1.165, 1.54) is 12.8 Å². The van der Waals surface area contributed by atoms with Crippen LogP contribution in [0.4, 0.5) is 0 Å². The second-order valence-electron chi connectivity index (χ2n) is 4.12. The van der Waals surface area contributed by atoms with Crippen molar-refractivity contribution in [1.29, 1.82) is 0 Å². The zero-order valence-corrected chi connectivity index (χ0v) is 9.66. The van der Waals surface area contributed by atoms with Crippen molar-refractivity contribution in [1.82, 2.24) is 15.8 Å². The zero-order valence-electron chi connectivity index (χ0n) is 9.66. The van der Waals surface area contributed by atoms with Gasteiger partial charge in [-0.1, -0.05) is 5.16 Å². The smallest absolute Gasteiger partial charge is 0.162 e. The topological polar surface area (TPSA) is 59.3 Å². The van der Waals surface area contributed by atoms with Crippen molar-refractivity contribution < 1.29 is 9.26 Å². The number of aromatic nitrogens is 1. The van der Waals surface area contributed by atoms with Gasteiger partial charge < -0.3 is 19.9 Å². The first-order valence-corrected chi connectivity index (χ1v) is 5.76. The molecule has 1 heterocycles. The van der Waals surface area contributed by atoms with Crippen LogP contribution in [0.5, 0.6) is 0 Å². The molecule has 0 radical (unpaired) electrons. The molecule has 1 aromatic heterocycles. The van der Waals surface area contributed by atoms with E-state index in [1.54, 1.807) is 7.11 Å². The fraction of sp³-hybridized carbons (Fsp3) is 0.727. The molecule has 0 aromatic carbocycles. The molecule has 16 heavy (non-hydrogen) atoms. The molecule has 1 fully saturated rings. The van der Waals surface area contributed by atoms with Crippen LogP contribution in [0.3, 0.4) is 0 Å². The van der Waals surface area contributed by atoms with Crippen molar-refractivity contribution >= 4 is 0 Å². The minimum absolute atomic E-state index is 0.482. The summed E-state index contributed by atoms with van der Waals surface area (Å²) >= 11 is 0. The Morgan fingerprint density at radius 3 is 3.12 bits per heavy atom. The highest BCUT2D eigenvalue weighted by molar-refractivity contribution is 5.04. The summed E-state index contributed by atoms with van der Waals surface area (Å²) in [5.41, 5.74) is 0.929. The van der Waals surface area contributed by atoms with Crippen LogP contribution in [0.15, 0.2) is 10.6 Å². The Bertz CT molecular complexity index is 310. The number of nitrogens with zero attached hydrogens (tertiary/aromatic N) is 1. The molecular formula is C11H19N3O2. The van der Waals surface area contributed by atoms with Crippen LogP contribution in [0.25, 0.3) is 0 Å². The number of hydrogen-bond donors (Lipinski definition) is 2. The number of rotatable bonds is 8. The Kier molecular flexibility index (Phi) is 4.33. The molecule has 0 aliphatic heterocycles. The average Bonchev–Trinajstić information content (AvgIpc) is 2.99. The first-order valence-electron chi connectivity index (χ1n) is 5.76. The van der Waals surface area contributed by atoms with Crippen molar-refractivity contribution in [3.05, 3.63) is 17.5 Å². The van der Waals surface area contributed by atoms with Gasteiger partial charge in [-0.15, -0.1) is 0 Å². The lowest BCUT2D eigenvalue weighted by atomic mass is 10.3. The fourth-order valence-corrected chi connectivity index (χ4v) is 1.52. The van der Waals surface area contributed by atoms with E-state index < -0.39 is 0 Å². The molecule has 90 valence electrons. The van der Waals surface area contributed by atoms with Crippen LogP contribution in [-0.2, 0) is 17.9 Å². The number of ether oxygens (including phenoxy) is 1. The fourth-order valence-electron chi connectivity index (χ4n) is 1.52. The van der Waals surface area contributed by atoms with Crippen molar-refractivity contribution in [3.8, 4) is 0 Å². The molecule has 1 saturated carbocycles. The predicted molar refractivity (Wildman–Crippen MR) is 59.9 cm³/mol.